The molecule has 0 radical (unpaired) electrons. The Balaban J connectivity index is 1.50. The third kappa shape index (κ3) is 3.23. The second-order valence-corrected chi connectivity index (χ2v) is 7.90. The monoisotopic (exact) mass is 472 g/mol. The Hall–Kier alpha value is -3.36. The number of halogens is 2. The van der Waals surface area contributed by atoms with Crippen molar-refractivity contribution in [3.05, 3.63) is 52.5 Å². The minimum absolute atomic E-state index is 0.260. The first-order chi connectivity index (χ1) is 15.5. The molecule has 1 amide bonds. The average Bonchev–Trinajstić information content (AvgIpc) is 3.50. The molecule has 4 aromatic rings. The lowest BCUT2D eigenvalue weighted by Gasteiger charge is -2.15. The number of benzene rings is 2. The lowest BCUT2D eigenvalue weighted by Crippen LogP contribution is -2.13. The van der Waals surface area contributed by atoms with Crippen LogP contribution in [0.5, 0.6) is 17.4 Å². The number of imidazole rings is 1. The fraction of sp³-hybridized carbons (Fsp3) is 0.182. The first-order valence-electron chi connectivity index (χ1n) is 9.72. The minimum Gasteiger partial charge on any atom is -0.495 e. The third-order valence-corrected chi connectivity index (χ3v) is 6.12. The molecule has 164 valence electrons. The zero-order chi connectivity index (χ0) is 22.4. The highest BCUT2D eigenvalue weighted by atomic mass is 35.5. The molecule has 0 bridgehead atoms. The van der Waals surface area contributed by atoms with Crippen molar-refractivity contribution in [3.8, 4) is 28.5 Å². The van der Waals surface area contributed by atoms with E-state index in [1.807, 2.05) is 22.8 Å². The molecular formula is C22H18Cl2N4O4. The lowest BCUT2D eigenvalue weighted by atomic mass is 10.0. The zero-order valence-corrected chi connectivity index (χ0v) is 18.7. The summed E-state index contributed by atoms with van der Waals surface area (Å²) in [7, 11) is 3.06. The van der Waals surface area contributed by atoms with E-state index in [4.69, 9.17) is 37.4 Å². The number of methoxy groups -OCH3 is 2. The van der Waals surface area contributed by atoms with Gasteiger partial charge in [-0.2, -0.15) is 0 Å². The van der Waals surface area contributed by atoms with E-state index < -0.39 is 0 Å². The Morgan fingerprint density at radius 2 is 1.94 bits per heavy atom. The van der Waals surface area contributed by atoms with Gasteiger partial charge in [0.1, 0.15) is 18.1 Å². The maximum Gasteiger partial charge on any atom is 0.279 e. The van der Waals surface area contributed by atoms with Gasteiger partial charge in [-0.15, -0.1) is 0 Å². The van der Waals surface area contributed by atoms with Crippen molar-refractivity contribution in [2.45, 2.75) is 6.54 Å². The fourth-order valence-electron chi connectivity index (χ4n) is 3.78. The number of aromatic nitrogens is 3. The topological polar surface area (TPSA) is 90.4 Å². The highest BCUT2D eigenvalue weighted by Crippen LogP contribution is 2.46. The molecule has 0 saturated carbocycles. The highest BCUT2D eigenvalue weighted by molar-refractivity contribution is 6.41. The molecule has 0 spiro atoms. The normalized spacial score (nSPS) is 12.5. The van der Waals surface area contributed by atoms with Crippen LogP contribution in [-0.4, -0.2) is 41.3 Å². The van der Waals surface area contributed by atoms with E-state index in [-0.39, 0.29) is 11.6 Å². The van der Waals surface area contributed by atoms with Crippen LogP contribution < -0.4 is 19.5 Å². The largest absolute Gasteiger partial charge is 0.495 e. The number of anilines is 1. The van der Waals surface area contributed by atoms with Gasteiger partial charge in [0.15, 0.2) is 5.69 Å². The standard InChI is InChI=1S/C22H18Cl2N4O4/c1-30-15-8-16(31-2)19(24)17(18(15)23)11-3-4-12-13(7-11)25-9-14(12)27-21(29)20-22-28(10-26-20)5-6-32-22/h3-4,7-10,25H,5-6H2,1-2H3,(H,27,29). The summed E-state index contributed by atoms with van der Waals surface area (Å²) in [6, 6.07) is 7.29. The fourth-order valence-corrected chi connectivity index (χ4v) is 4.50. The van der Waals surface area contributed by atoms with Crippen molar-refractivity contribution in [2.75, 3.05) is 26.1 Å². The molecule has 8 nitrogen and oxygen atoms in total. The number of nitrogens with zero attached hydrogens (tertiary/aromatic N) is 2. The Labute approximate surface area is 193 Å². The van der Waals surface area contributed by atoms with Gasteiger partial charge in [-0.3, -0.25) is 9.36 Å². The number of amides is 1. The quantitative estimate of drug-likeness (QED) is 0.426. The smallest absolute Gasteiger partial charge is 0.279 e. The van der Waals surface area contributed by atoms with E-state index >= 15 is 0 Å². The maximum atomic E-state index is 12.8. The summed E-state index contributed by atoms with van der Waals surface area (Å²) in [5, 5.41) is 4.48. The summed E-state index contributed by atoms with van der Waals surface area (Å²) in [6.45, 7) is 1.22. The number of carbonyl (C=O) groups excluding carboxylic acids is 1. The van der Waals surface area contributed by atoms with Gasteiger partial charge in [0.25, 0.3) is 5.91 Å². The number of hydrogen-bond acceptors (Lipinski definition) is 5. The maximum absolute atomic E-state index is 12.8. The second-order valence-electron chi connectivity index (χ2n) is 7.14. The number of hydrogen-bond donors (Lipinski definition) is 2. The van der Waals surface area contributed by atoms with Crippen LogP contribution in [0.2, 0.25) is 10.0 Å². The van der Waals surface area contributed by atoms with Crippen LogP contribution in [0.3, 0.4) is 0 Å². The number of rotatable bonds is 5. The number of nitrogens with one attached hydrogen (secondary N) is 2. The van der Waals surface area contributed by atoms with Gasteiger partial charge in [-0.1, -0.05) is 35.3 Å². The van der Waals surface area contributed by atoms with E-state index in [2.05, 4.69) is 15.3 Å². The average molecular weight is 473 g/mol. The molecule has 1 aliphatic rings. The number of aromatic amines is 1. The van der Waals surface area contributed by atoms with Crippen molar-refractivity contribution < 1.29 is 19.0 Å². The first kappa shape index (κ1) is 20.5. The van der Waals surface area contributed by atoms with Crippen LogP contribution in [0, 0.1) is 0 Å². The van der Waals surface area contributed by atoms with Crippen molar-refractivity contribution in [1.82, 2.24) is 14.5 Å². The Kier molecular flexibility index (Phi) is 5.11. The molecule has 0 atom stereocenters. The molecule has 0 unspecified atom stereocenters. The zero-order valence-electron chi connectivity index (χ0n) is 17.2. The van der Waals surface area contributed by atoms with Crippen LogP contribution >= 0.6 is 23.2 Å². The summed E-state index contributed by atoms with van der Waals surface area (Å²) >= 11 is 13.1. The van der Waals surface area contributed by atoms with Crippen LogP contribution in [0.1, 0.15) is 10.5 Å². The van der Waals surface area contributed by atoms with Gasteiger partial charge < -0.3 is 24.5 Å². The summed E-state index contributed by atoms with van der Waals surface area (Å²) in [6.07, 6.45) is 3.33. The molecule has 0 aliphatic carbocycles. The Morgan fingerprint density at radius 3 is 2.66 bits per heavy atom. The molecule has 1 aliphatic heterocycles. The molecule has 0 saturated heterocycles. The third-order valence-electron chi connectivity index (χ3n) is 5.37. The number of H-pyrrole nitrogens is 1. The predicted molar refractivity (Wildman–Crippen MR) is 123 cm³/mol. The first-order valence-corrected chi connectivity index (χ1v) is 10.5. The Bertz CT molecular complexity index is 1330. The number of carbonyl (C=O) groups is 1. The van der Waals surface area contributed by atoms with Gasteiger partial charge in [-0.25, -0.2) is 4.98 Å². The molecule has 10 heteroatoms. The molecule has 3 heterocycles. The van der Waals surface area contributed by atoms with E-state index in [0.29, 0.717) is 51.8 Å². The van der Waals surface area contributed by atoms with Crippen molar-refractivity contribution in [3.63, 3.8) is 0 Å². The van der Waals surface area contributed by atoms with Crippen molar-refractivity contribution in [1.29, 1.82) is 0 Å². The Morgan fingerprint density at radius 1 is 1.19 bits per heavy atom. The highest BCUT2D eigenvalue weighted by Gasteiger charge is 2.24. The molecular weight excluding hydrogens is 455 g/mol. The van der Waals surface area contributed by atoms with E-state index in [9.17, 15) is 4.79 Å². The summed E-state index contributed by atoms with van der Waals surface area (Å²) in [5.41, 5.74) is 3.03. The molecule has 32 heavy (non-hydrogen) atoms. The van der Waals surface area contributed by atoms with Gasteiger partial charge in [-0.05, 0) is 11.6 Å². The van der Waals surface area contributed by atoms with Crippen molar-refractivity contribution in [2.24, 2.45) is 0 Å². The van der Waals surface area contributed by atoms with Gasteiger partial charge in [0.05, 0.1) is 42.8 Å². The van der Waals surface area contributed by atoms with Gasteiger partial charge in [0.2, 0.25) is 5.88 Å². The SMILES string of the molecule is COc1cc(OC)c(Cl)c(-c2ccc3c(NC(=O)c4ncn5c4OCC5)c[nH]c3c2)c1Cl. The van der Waals surface area contributed by atoms with E-state index in [0.717, 1.165) is 16.5 Å². The molecule has 2 aromatic heterocycles. The van der Waals surface area contributed by atoms with Crippen LogP contribution in [0.15, 0.2) is 36.8 Å². The molecule has 0 fully saturated rings. The lowest BCUT2D eigenvalue weighted by molar-refractivity contribution is 0.101. The minimum atomic E-state index is -0.339. The second kappa shape index (κ2) is 7.96. The summed E-state index contributed by atoms with van der Waals surface area (Å²) in [4.78, 5) is 20.1. The molecule has 2 aromatic carbocycles. The van der Waals surface area contributed by atoms with Gasteiger partial charge in [0, 0.05) is 28.7 Å². The van der Waals surface area contributed by atoms with Crippen molar-refractivity contribution >= 4 is 45.7 Å². The van der Waals surface area contributed by atoms with Crippen LogP contribution in [0.4, 0.5) is 5.69 Å². The van der Waals surface area contributed by atoms with Crippen LogP contribution in [0.25, 0.3) is 22.0 Å². The van der Waals surface area contributed by atoms with Crippen LogP contribution in [-0.2, 0) is 6.54 Å². The number of ether oxygens (including phenoxy) is 3. The van der Waals surface area contributed by atoms with E-state index in [1.165, 1.54) is 14.2 Å². The number of fused-ring (bicyclic) bond motifs is 2. The predicted octanol–water partition coefficient (Wildman–Crippen LogP) is 5.00. The van der Waals surface area contributed by atoms with Gasteiger partial charge >= 0.3 is 0 Å². The molecule has 2 N–H and O–H groups in total. The molecule has 5 rings (SSSR count). The summed E-state index contributed by atoms with van der Waals surface area (Å²) < 4.78 is 18.0. The summed E-state index contributed by atoms with van der Waals surface area (Å²) in [5.74, 6) is 1.06. The van der Waals surface area contributed by atoms with E-state index in [1.54, 1.807) is 18.6 Å².